The first-order chi connectivity index (χ1) is 9.56. The van der Waals surface area contributed by atoms with Gasteiger partial charge in [-0.2, -0.15) is 0 Å². The summed E-state index contributed by atoms with van der Waals surface area (Å²) in [5.41, 5.74) is 5.85. The summed E-state index contributed by atoms with van der Waals surface area (Å²) in [7, 11) is 0. The molecule has 2 heteroatoms. The van der Waals surface area contributed by atoms with Crippen LogP contribution in [0.1, 0.15) is 48.1 Å². The van der Waals surface area contributed by atoms with Crippen molar-refractivity contribution in [2.75, 3.05) is 19.6 Å². The fourth-order valence-electron chi connectivity index (χ4n) is 4.43. The number of likely N-dealkylation sites (tertiary alicyclic amines) is 1. The van der Waals surface area contributed by atoms with Gasteiger partial charge in [-0.25, -0.2) is 0 Å². The lowest BCUT2D eigenvalue weighted by atomic mass is 9.93. The standard InChI is InChI=1S/C18H28N2/c1-12-8-13(2)18(14(3)9-12)15(4)20-10-16-6-5-7-19-17(16)11-20/h8-9,15-17,19H,5-7,10-11H2,1-4H3. The predicted octanol–water partition coefficient (Wildman–Crippen LogP) is 3.36. The first kappa shape index (κ1) is 14.1. The van der Waals surface area contributed by atoms with Crippen molar-refractivity contribution >= 4 is 0 Å². The van der Waals surface area contributed by atoms with Gasteiger partial charge >= 0.3 is 0 Å². The van der Waals surface area contributed by atoms with Gasteiger partial charge in [0.1, 0.15) is 0 Å². The van der Waals surface area contributed by atoms with Crippen LogP contribution in [0.25, 0.3) is 0 Å². The Kier molecular flexibility index (Phi) is 3.87. The molecule has 110 valence electrons. The molecule has 2 fully saturated rings. The minimum Gasteiger partial charge on any atom is -0.312 e. The summed E-state index contributed by atoms with van der Waals surface area (Å²) < 4.78 is 0. The molecule has 1 N–H and O–H groups in total. The summed E-state index contributed by atoms with van der Waals surface area (Å²) in [6, 6.07) is 5.95. The van der Waals surface area contributed by atoms with E-state index < -0.39 is 0 Å². The molecular weight excluding hydrogens is 244 g/mol. The zero-order chi connectivity index (χ0) is 14.3. The summed E-state index contributed by atoms with van der Waals surface area (Å²) in [4.78, 5) is 2.69. The van der Waals surface area contributed by atoms with Gasteiger partial charge in [0.15, 0.2) is 0 Å². The zero-order valence-electron chi connectivity index (χ0n) is 13.4. The molecule has 0 aliphatic carbocycles. The van der Waals surface area contributed by atoms with E-state index in [2.05, 4.69) is 50.0 Å². The molecule has 0 aromatic heterocycles. The van der Waals surface area contributed by atoms with Crippen LogP contribution in [0, 0.1) is 26.7 Å². The maximum Gasteiger partial charge on any atom is 0.0325 e. The first-order valence-electron chi connectivity index (χ1n) is 8.11. The molecule has 1 aromatic rings. The third-order valence-electron chi connectivity index (χ3n) is 5.33. The Balaban J connectivity index is 1.81. The molecule has 0 radical (unpaired) electrons. The number of fused-ring (bicyclic) bond motifs is 1. The summed E-state index contributed by atoms with van der Waals surface area (Å²) >= 11 is 0. The van der Waals surface area contributed by atoms with E-state index in [4.69, 9.17) is 0 Å². The van der Waals surface area contributed by atoms with E-state index in [9.17, 15) is 0 Å². The number of nitrogens with zero attached hydrogens (tertiary/aromatic N) is 1. The van der Waals surface area contributed by atoms with E-state index in [1.54, 1.807) is 5.56 Å². The molecule has 2 aliphatic rings. The second-order valence-electron chi connectivity index (χ2n) is 6.91. The maximum absolute atomic E-state index is 3.71. The molecule has 2 aliphatic heterocycles. The minimum absolute atomic E-state index is 0.544. The van der Waals surface area contributed by atoms with Crippen molar-refractivity contribution in [1.82, 2.24) is 10.2 Å². The summed E-state index contributed by atoms with van der Waals surface area (Å²) in [5, 5.41) is 3.71. The fourth-order valence-corrected chi connectivity index (χ4v) is 4.43. The van der Waals surface area contributed by atoms with Gasteiger partial charge in [0.25, 0.3) is 0 Å². The molecule has 3 atom stereocenters. The number of piperidine rings is 1. The monoisotopic (exact) mass is 272 g/mol. The maximum atomic E-state index is 3.71. The zero-order valence-corrected chi connectivity index (χ0v) is 13.4. The highest BCUT2D eigenvalue weighted by molar-refractivity contribution is 5.39. The van der Waals surface area contributed by atoms with Crippen molar-refractivity contribution in [3.63, 3.8) is 0 Å². The van der Waals surface area contributed by atoms with Gasteiger partial charge in [-0.05, 0) is 69.7 Å². The topological polar surface area (TPSA) is 15.3 Å². The Morgan fingerprint density at radius 1 is 1.15 bits per heavy atom. The van der Waals surface area contributed by atoms with Gasteiger partial charge in [0.2, 0.25) is 0 Å². The van der Waals surface area contributed by atoms with Crippen molar-refractivity contribution < 1.29 is 0 Å². The normalized spacial score (nSPS) is 28.4. The number of hydrogen-bond donors (Lipinski definition) is 1. The van der Waals surface area contributed by atoms with Crippen molar-refractivity contribution in [3.8, 4) is 0 Å². The first-order valence-corrected chi connectivity index (χ1v) is 8.11. The second kappa shape index (κ2) is 5.50. The number of aryl methyl sites for hydroxylation is 3. The Morgan fingerprint density at radius 3 is 2.50 bits per heavy atom. The van der Waals surface area contributed by atoms with E-state index in [0.29, 0.717) is 6.04 Å². The molecule has 0 amide bonds. The molecule has 2 heterocycles. The Bertz CT molecular complexity index is 457. The summed E-state index contributed by atoms with van der Waals surface area (Å²) in [6.45, 7) is 12.8. The minimum atomic E-state index is 0.544. The SMILES string of the molecule is Cc1cc(C)c(C(C)N2CC3CCCNC3C2)c(C)c1. The molecule has 20 heavy (non-hydrogen) atoms. The van der Waals surface area contributed by atoms with Crippen LogP contribution in [0.15, 0.2) is 12.1 Å². The van der Waals surface area contributed by atoms with Gasteiger partial charge in [-0.3, -0.25) is 4.90 Å². The lowest BCUT2D eigenvalue weighted by Crippen LogP contribution is -2.40. The highest BCUT2D eigenvalue weighted by Gasteiger charge is 2.36. The molecule has 2 saturated heterocycles. The molecule has 0 spiro atoms. The smallest absolute Gasteiger partial charge is 0.0325 e. The van der Waals surface area contributed by atoms with E-state index >= 15 is 0 Å². The van der Waals surface area contributed by atoms with Gasteiger partial charge in [0.05, 0.1) is 0 Å². The predicted molar refractivity (Wildman–Crippen MR) is 85.2 cm³/mol. The van der Waals surface area contributed by atoms with Gasteiger partial charge in [-0.15, -0.1) is 0 Å². The van der Waals surface area contributed by atoms with Gasteiger partial charge in [0, 0.05) is 25.2 Å². The van der Waals surface area contributed by atoms with Gasteiger partial charge in [-0.1, -0.05) is 17.7 Å². The highest BCUT2D eigenvalue weighted by atomic mass is 15.2. The average molecular weight is 272 g/mol. The van der Waals surface area contributed by atoms with Crippen LogP contribution < -0.4 is 5.32 Å². The van der Waals surface area contributed by atoms with Crippen LogP contribution in [0.4, 0.5) is 0 Å². The number of rotatable bonds is 2. The third-order valence-corrected chi connectivity index (χ3v) is 5.33. The number of nitrogens with one attached hydrogen (secondary N) is 1. The van der Waals surface area contributed by atoms with E-state index in [1.807, 2.05) is 0 Å². The second-order valence-corrected chi connectivity index (χ2v) is 6.91. The Morgan fingerprint density at radius 2 is 1.85 bits per heavy atom. The molecule has 2 nitrogen and oxygen atoms in total. The Labute approximate surface area is 123 Å². The number of benzene rings is 1. The lowest BCUT2D eigenvalue weighted by Gasteiger charge is -2.28. The third kappa shape index (κ3) is 2.51. The number of hydrogen-bond acceptors (Lipinski definition) is 2. The highest BCUT2D eigenvalue weighted by Crippen LogP contribution is 2.34. The van der Waals surface area contributed by atoms with E-state index in [1.165, 1.54) is 49.2 Å². The van der Waals surface area contributed by atoms with Crippen molar-refractivity contribution in [2.24, 2.45) is 5.92 Å². The quantitative estimate of drug-likeness (QED) is 0.888. The van der Waals surface area contributed by atoms with Crippen LogP contribution in [0.5, 0.6) is 0 Å². The molecule has 1 aromatic carbocycles. The molecule has 3 unspecified atom stereocenters. The largest absolute Gasteiger partial charge is 0.312 e. The summed E-state index contributed by atoms with van der Waals surface area (Å²) in [6.07, 6.45) is 2.76. The van der Waals surface area contributed by atoms with Crippen molar-refractivity contribution in [2.45, 2.75) is 52.6 Å². The van der Waals surface area contributed by atoms with Crippen LogP contribution in [0.2, 0.25) is 0 Å². The van der Waals surface area contributed by atoms with Crippen molar-refractivity contribution in [1.29, 1.82) is 0 Å². The van der Waals surface area contributed by atoms with E-state index in [-0.39, 0.29) is 0 Å². The molecule has 0 saturated carbocycles. The van der Waals surface area contributed by atoms with E-state index in [0.717, 1.165) is 12.0 Å². The molecule has 3 rings (SSSR count). The van der Waals surface area contributed by atoms with Crippen LogP contribution >= 0.6 is 0 Å². The van der Waals surface area contributed by atoms with Crippen LogP contribution in [0.3, 0.4) is 0 Å². The van der Waals surface area contributed by atoms with Crippen molar-refractivity contribution in [3.05, 3.63) is 34.4 Å². The van der Waals surface area contributed by atoms with Crippen LogP contribution in [-0.2, 0) is 0 Å². The lowest BCUT2D eigenvalue weighted by molar-refractivity contribution is 0.249. The van der Waals surface area contributed by atoms with Gasteiger partial charge < -0.3 is 5.32 Å². The molecular formula is C18H28N2. The summed E-state index contributed by atoms with van der Waals surface area (Å²) in [5.74, 6) is 0.872. The average Bonchev–Trinajstić information content (AvgIpc) is 2.81. The fraction of sp³-hybridized carbons (Fsp3) is 0.667. The van der Waals surface area contributed by atoms with Crippen LogP contribution in [-0.4, -0.2) is 30.6 Å². The Hall–Kier alpha value is -0.860. The molecule has 0 bridgehead atoms.